The molecule has 44 heavy (non-hydrogen) atoms. The van der Waals surface area contributed by atoms with E-state index in [0.717, 1.165) is 22.1 Å². The number of phenols is 1. The van der Waals surface area contributed by atoms with Crippen molar-refractivity contribution < 1.29 is 24.1 Å². The van der Waals surface area contributed by atoms with Crippen molar-refractivity contribution in [2.24, 2.45) is 0 Å². The van der Waals surface area contributed by atoms with Gasteiger partial charge < -0.3 is 24.6 Å². The van der Waals surface area contributed by atoms with Crippen LogP contribution in [0.3, 0.4) is 0 Å². The first-order chi connectivity index (χ1) is 21.6. The molecule has 0 saturated heterocycles. The zero-order chi connectivity index (χ0) is 30.1. The predicted octanol–water partition coefficient (Wildman–Crippen LogP) is 7.93. The number of ether oxygens (including phenoxy) is 3. The van der Waals surface area contributed by atoms with Crippen LogP contribution in [0.15, 0.2) is 133 Å². The number of nitrogens with zero attached hydrogens (tertiary/aromatic N) is 1. The number of phenolic OH excluding ortho intramolecular Hbond substituents is 1. The fraction of sp³-hybridized carbons (Fsp3) is 0.0811. The van der Waals surface area contributed by atoms with Gasteiger partial charge >= 0.3 is 0 Å². The van der Waals surface area contributed by atoms with Crippen molar-refractivity contribution in [3.8, 4) is 23.0 Å². The molecule has 0 spiro atoms. The molecule has 0 aliphatic heterocycles. The SMILES string of the molecule is O=C(Nc1ccc2cccc(O)c2n1)c1cc(OCc2ccccc2)c(OCc2ccccc2)c(OCc2ccccc2)c1. The molecule has 218 valence electrons. The van der Waals surface area contributed by atoms with Gasteiger partial charge in [0.25, 0.3) is 5.91 Å². The first-order valence-corrected chi connectivity index (χ1v) is 14.2. The second-order valence-electron chi connectivity index (χ2n) is 10.1. The molecule has 0 saturated carbocycles. The Balaban J connectivity index is 1.35. The molecule has 0 fully saturated rings. The van der Waals surface area contributed by atoms with E-state index in [-0.39, 0.29) is 25.6 Å². The summed E-state index contributed by atoms with van der Waals surface area (Å²) in [6.45, 7) is 0.800. The van der Waals surface area contributed by atoms with Crippen molar-refractivity contribution >= 4 is 22.6 Å². The molecule has 6 aromatic rings. The summed E-state index contributed by atoms with van der Waals surface area (Å²) in [4.78, 5) is 18.1. The minimum atomic E-state index is -0.420. The smallest absolute Gasteiger partial charge is 0.257 e. The lowest BCUT2D eigenvalue weighted by molar-refractivity contribution is 0.102. The van der Waals surface area contributed by atoms with E-state index in [0.29, 0.717) is 34.1 Å². The summed E-state index contributed by atoms with van der Waals surface area (Å²) >= 11 is 0. The Morgan fingerprint density at radius 1 is 0.614 bits per heavy atom. The first kappa shape index (κ1) is 28.3. The number of carbonyl (C=O) groups is 1. The molecule has 0 bridgehead atoms. The summed E-state index contributed by atoms with van der Waals surface area (Å²) in [6, 6.07) is 41.2. The maximum absolute atomic E-state index is 13.6. The highest BCUT2D eigenvalue weighted by Gasteiger charge is 2.20. The molecule has 0 aliphatic carbocycles. The maximum atomic E-state index is 13.6. The van der Waals surface area contributed by atoms with E-state index >= 15 is 0 Å². The molecular weight excluding hydrogens is 552 g/mol. The number of pyridine rings is 1. The van der Waals surface area contributed by atoms with Crippen molar-refractivity contribution in [1.29, 1.82) is 0 Å². The Kier molecular flexibility index (Phi) is 8.65. The average molecular weight is 583 g/mol. The Bertz CT molecular complexity index is 1800. The summed E-state index contributed by atoms with van der Waals surface area (Å²) in [5, 5.41) is 13.9. The molecule has 2 N–H and O–H groups in total. The number of aromatic hydroxyl groups is 1. The summed E-state index contributed by atoms with van der Waals surface area (Å²) in [5.74, 6) is 1.04. The molecule has 1 amide bonds. The van der Waals surface area contributed by atoms with E-state index < -0.39 is 5.91 Å². The van der Waals surface area contributed by atoms with Gasteiger partial charge in [0.2, 0.25) is 5.75 Å². The lowest BCUT2D eigenvalue weighted by atomic mass is 10.1. The van der Waals surface area contributed by atoms with Gasteiger partial charge in [-0.25, -0.2) is 4.98 Å². The van der Waals surface area contributed by atoms with Gasteiger partial charge in [-0.15, -0.1) is 0 Å². The van der Waals surface area contributed by atoms with Gasteiger partial charge in [-0.1, -0.05) is 103 Å². The standard InChI is InChI=1S/C37H30N2O5/c40-31-18-10-17-29-19-20-34(38-35(29)31)39-37(41)30-21-32(42-23-26-11-4-1-5-12-26)36(44-25-28-15-8-3-9-16-28)33(22-30)43-24-27-13-6-2-7-14-27/h1-22,40H,23-25H2,(H,38,39,41). The van der Waals surface area contributed by atoms with E-state index in [2.05, 4.69) is 10.3 Å². The van der Waals surface area contributed by atoms with E-state index in [1.807, 2.05) is 97.1 Å². The van der Waals surface area contributed by atoms with Crippen LogP contribution in [0.4, 0.5) is 5.82 Å². The molecule has 6 rings (SSSR count). The van der Waals surface area contributed by atoms with Crippen LogP contribution in [-0.4, -0.2) is 16.0 Å². The highest BCUT2D eigenvalue weighted by molar-refractivity contribution is 6.05. The van der Waals surface area contributed by atoms with Crippen molar-refractivity contribution in [2.45, 2.75) is 19.8 Å². The first-order valence-electron chi connectivity index (χ1n) is 14.2. The molecular formula is C37H30N2O5. The molecule has 5 aromatic carbocycles. The van der Waals surface area contributed by atoms with Crippen LogP contribution < -0.4 is 19.5 Å². The van der Waals surface area contributed by atoms with Crippen LogP contribution in [-0.2, 0) is 19.8 Å². The van der Waals surface area contributed by atoms with E-state index in [4.69, 9.17) is 14.2 Å². The molecule has 1 heterocycles. The number of carbonyl (C=O) groups excluding carboxylic acids is 1. The molecule has 0 aliphatic rings. The van der Waals surface area contributed by atoms with Crippen LogP contribution >= 0.6 is 0 Å². The lowest BCUT2D eigenvalue weighted by Gasteiger charge is -2.19. The largest absolute Gasteiger partial charge is 0.506 e. The third-order valence-electron chi connectivity index (χ3n) is 6.92. The van der Waals surface area contributed by atoms with Crippen molar-refractivity contribution in [1.82, 2.24) is 4.98 Å². The molecule has 0 atom stereocenters. The van der Waals surface area contributed by atoms with Crippen molar-refractivity contribution in [2.75, 3.05) is 5.32 Å². The normalized spacial score (nSPS) is 10.7. The molecule has 0 unspecified atom stereocenters. The number of nitrogens with one attached hydrogen (secondary N) is 1. The van der Waals surface area contributed by atoms with Crippen molar-refractivity contribution in [3.05, 3.63) is 156 Å². The summed E-state index contributed by atoms with van der Waals surface area (Å²) < 4.78 is 18.9. The molecule has 0 radical (unpaired) electrons. The molecule has 1 aromatic heterocycles. The number of aromatic nitrogens is 1. The zero-order valence-corrected chi connectivity index (χ0v) is 23.9. The Labute approximate surface area is 255 Å². The maximum Gasteiger partial charge on any atom is 0.257 e. The van der Waals surface area contributed by atoms with E-state index in [9.17, 15) is 9.90 Å². The van der Waals surface area contributed by atoms with Gasteiger partial charge in [0, 0.05) is 10.9 Å². The third kappa shape index (κ3) is 6.97. The lowest BCUT2D eigenvalue weighted by Crippen LogP contribution is -2.14. The minimum absolute atomic E-state index is 0.0340. The number of amides is 1. The monoisotopic (exact) mass is 582 g/mol. The van der Waals surface area contributed by atoms with Gasteiger partial charge in [0.15, 0.2) is 11.5 Å². The van der Waals surface area contributed by atoms with Crippen LogP contribution in [0.5, 0.6) is 23.0 Å². The number of benzene rings is 5. The number of rotatable bonds is 11. The Hall–Kier alpha value is -5.82. The third-order valence-corrected chi connectivity index (χ3v) is 6.92. The number of fused-ring (bicyclic) bond motifs is 1. The Morgan fingerprint density at radius 2 is 1.14 bits per heavy atom. The fourth-order valence-electron chi connectivity index (χ4n) is 4.65. The van der Waals surface area contributed by atoms with Gasteiger partial charge in [-0.05, 0) is 47.0 Å². The summed E-state index contributed by atoms with van der Waals surface area (Å²) in [6.07, 6.45) is 0. The number of para-hydroxylation sites is 1. The number of anilines is 1. The second-order valence-corrected chi connectivity index (χ2v) is 10.1. The van der Waals surface area contributed by atoms with Gasteiger partial charge in [-0.3, -0.25) is 4.79 Å². The van der Waals surface area contributed by atoms with Crippen LogP contribution in [0.25, 0.3) is 10.9 Å². The highest BCUT2D eigenvalue weighted by atomic mass is 16.5. The summed E-state index contributed by atoms with van der Waals surface area (Å²) in [5.41, 5.74) is 3.59. The summed E-state index contributed by atoms with van der Waals surface area (Å²) in [7, 11) is 0. The van der Waals surface area contributed by atoms with Gasteiger partial charge in [0.05, 0.1) is 0 Å². The minimum Gasteiger partial charge on any atom is -0.506 e. The van der Waals surface area contributed by atoms with Crippen LogP contribution in [0.2, 0.25) is 0 Å². The van der Waals surface area contributed by atoms with Gasteiger partial charge in [-0.2, -0.15) is 0 Å². The predicted molar refractivity (Wildman–Crippen MR) is 170 cm³/mol. The van der Waals surface area contributed by atoms with E-state index in [1.54, 1.807) is 36.4 Å². The second kappa shape index (κ2) is 13.4. The van der Waals surface area contributed by atoms with E-state index in [1.165, 1.54) is 0 Å². The number of hydrogen-bond acceptors (Lipinski definition) is 6. The Morgan fingerprint density at radius 3 is 1.68 bits per heavy atom. The van der Waals surface area contributed by atoms with Crippen LogP contribution in [0.1, 0.15) is 27.0 Å². The van der Waals surface area contributed by atoms with Crippen molar-refractivity contribution in [3.63, 3.8) is 0 Å². The average Bonchev–Trinajstić information content (AvgIpc) is 3.07. The van der Waals surface area contributed by atoms with Crippen LogP contribution in [0, 0.1) is 0 Å². The molecule has 7 heteroatoms. The zero-order valence-electron chi connectivity index (χ0n) is 23.9. The fourth-order valence-corrected chi connectivity index (χ4v) is 4.65. The highest BCUT2D eigenvalue weighted by Crippen LogP contribution is 2.41. The quantitative estimate of drug-likeness (QED) is 0.161. The van der Waals surface area contributed by atoms with Gasteiger partial charge in [0.1, 0.15) is 36.9 Å². The number of hydrogen-bond donors (Lipinski definition) is 2. The topological polar surface area (TPSA) is 89.9 Å². The molecule has 7 nitrogen and oxygen atoms in total.